The maximum absolute atomic E-state index is 14.3. The van der Waals surface area contributed by atoms with Crippen molar-refractivity contribution < 1.29 is 13.9 Å². The van der Waals surface area contributed by atoms with E-state index in [-0.39, 0.29) is 17.7 Å². The first kappa shape index (κ1) is 15.9. The molecule has 0 N–H and O–H groups in total. The average Bonchev–Trinajstić information content (AvgIpc) is 3.07. The van der Waals surface area contributed by atoms with Gasteiger partial charge in [-0.2, -0.15) is 5.10 Å². The molecule has 0 unspecified atom stereocenters. The Kier molecular flexibility index (Phi) is 4.37. The highest BCUT2D eigenvalue weighted by Gasteiger charge is 2.14. The highest BCUT2D eigenvalue weighted by Crippen LogP contribution is 2.30. The summed E-state index contributed by atoms with van der Waals surface area (Å²) in [5, 5.41) is 3.96. The van der Waals surface area contributed by atoms with E-state index in [0.717, 1.165) is 0 Å². The van der Waals surface area contributed by atoms with Crippen LogP contribution in [0.1, 0.15) is 19.4 Å². The Morgan fingerprint density at radius 3 is 2.58 bits per heavy atom. The largest absolute Gasteiger partial charge is 0.475 e. The Labute approximate surface area is 138 Å². The van der Waals surface area contributed by atoms with Crippen molar-refractivity contribution in [3.63, 3.8) is 0 Å². The Morgan fingerprint density at radius 1 is 1.12 bits per heavy atom. The van der Waals surface area contributed by atoms with Crippen LogP contribution in [0.4, 0.5) is 4.39 Å². The molecule has 0 radical (unpaired) electrons. The minimum absolute atomic E-state index is 0.0369. The fourth-order valence-corrected chi connectivity index (χ4v) is 2.02. The van der Waals surface area contributed by atoms with Gasteiger partial charge in [-0.15, -0.1) is 0 Å². The lowest BCUT2D eigenvalue weighted by atomic mass is 10.3. The predicted octanol–water partition coefficient (Wildman–Crippen LogP) is 3.08. The van der Waals surface area contributed by atoms with Gasteiger partial charge in [0.05, 0.1) is 17.4 Å². The Morgan fingerprint density at radius 2 is 1.92 bits per heavy atom. The molecule has 3 aromatic rings. The molecule has 2 aromatic heterocycles. The van der Waals surface area contributed by atoms with Gasteiger partial charge in [-0.25, -0.2) is 24.0 Å². The van der Waals surface area contributed by atoms with E-state index in [2.05, 4.69) is 20.1 Å². The van der Waals surface area contributed by atoms with E-state index >= 15 is 0 Å². The van der Waals surface area contributed by atoms with Gasteiger partial charge in [-0.1, -0.05) is 0 Å². The van der Waals surface area contributed by atoms with Crippen molar-refractivity contribution in [1.29, 1.82) is 0 Å². The summed E-state index contributed by atoms with van der Waals surface area (Å²) in [6.07, 6.45) is 4.15. The van der Waals surface area contributed by atoms with Gasteiger partial charge in [0.2, 0.25) is 11.8 Å². The molecule has 7 nitrogen and oxygen atoms in total. The molecule has 24 heavy (non-hydrogen) atoms. The smallest absolute Gasteiger partial charge is 0.229 e. The summed E-state index contributed by atoms with van der Waals surface area (Å²) in [7, 11) is 0. The minimum atomic E-state index is -0.535. The molecule has 3 rings (SSSR count). The molecule has 0 atom stereocenters. The second kappa shape index (κ2) is 6.61. The Balaban J connectivity index is 1.86. The molecule has 0 amide bonds. The minimum Gasteiger partial charge on any atom is -0.475 e. The summed E-state index contributed by atoms with van der Waals surface area (Å²) in [4.78, 5) is 11.9. The Hall–Kier alpha value is -3.03. The van der Waals surface area contributed by atoms with Gasteiger partial charge in [0.15, 0.2) is 11.6 Å². The number of hydrogen-bond donors (Lipinski definition) is 0. The van der Waals surface area contributed by atoms with Crippen LogP contribution in [0, 0.1) is 12.7 Å². The average molecular weight is 329 g/mol. The van der Waals surface area contributed by atoms with E-state index < -0.39 is 5.82 Å². The zero-order chi connectivity index (χ0) is 17.1. The van der Waals surface area contributed by atoms with Crippen molar-refractivity contribution in [3.05, 3.63) is 48.6 Å². The van der Waals surface area contributed by atoms with Gasteiger partial charge < -0.3 is 9.47 Å². The lowest BCUT2D eigenvalue weighted by Gasteiger charge is -2.13. The first-order chi connectivity index (χ1) is 11.5. The highest BCUT2D eigenvalue weighted by atomic mass is 19.1. The van der Waals surface area contributed by atoms with E-state index in [0.29, 0.717) is 17.1 Å². The molecule has 124 valence electrons. The molecule has 0 spiro atoms. The maximum Gasteiger partial charge on any atom is 0.229 e. The number of nitrogens with zero attached hydrogens (tertiary/aromatic N) is 5. The third-order valence-electron chi connectivity index (χ3n) is 3.14. The van der Waals surface area contributed by atoms with Crippen molar-refractivity contribution in [2.45, 2.75) is 26.9 Å². The highest BCUT2D eigenvalue weighted by molar-refractivity contribution is 5.41. The zero-order valence-corrected chi connectivity index (χ0v) is 13.5. The molecule has 0 aliphatic rings. The van der Waals surface area contributed by atoms with E-state index in [4.69, 9.17) is 9.47 Å². The summed E-state index contributed by atoms with van der Waals surface area (Å²) in [6.45, 7) is 5.55. The number of benzene rings is 1. The molecule has 2 heterocycles. The summed E-state index contributed by atoms with van der Waals surface area (Å²) in [5.74, 6) is 0.172. The summed E-state index contributed by atoms with van der Waals surface area (Å²) in [6, 6.07) is 4.50. The van der Waals surface area contributed by atoms with Gasteiger partial charge in [-0.3, -0.25) is 0 Å². The quantitative estimate of drug-likeness (QED) is 0.716. The maximum atomic E-state index is 14.3. The first-order valence-corrected chi connectivity index (χ1v) is 7.35. The SMILES string of the molecule is Cc1c(Oc2ccc(-n3cncn3)cc2F)ncnc1OC(C)C. The molecule has 0 fully saturated rings. The summed E-state index contributed by atoms with van der Waals surface area (Å²) >= 11 is 0. The number of halogens is 1. The van der Waals surface area contributed by atoms with E-state index in [9.17, 15) is 4.39 Å². The number of aromatic nitrogens is 5. The van der Waals surface area contributed by atoms with Gasteiger partial charge in [0, 0.05) is 6.07 Å². The topological polar surface area (TPSA) is 75.0 Å². The normalized spacial score (nSPS) is 10.9. The van der Waals surface area contributed by atoms with Crippen LogP contribution in [0.5, 0.6) is 17.5 Å². The predicted molar refractivity (Wildman–Crippen MR) is 83.9 cm³/mol. The van der Waals surface area contributed by atoms with E-state index in [1.54, 1.807) is 13.0 Å². The van der Waals surface area contributed by atoms with Crippen LogP contribution in [-0.4, -0.2) is 30.8 Å². The summed E-state index contributed by atoms with van der Waals surface area (Å²) in [5.41, 5.74) is 1.14. The molecule has 0 saturated heterocycles. The molecule has 0 aliphatic heterocycles. The van der Waals surface area contributed by atoms with Crippen LogP contribution in [-0.2, 0) is 0 Å². The first-order valence-electron chi connectivity index (χ1n) is 7.35. The monoisotopic (exact) mass is 329 g/mol. The number of ether oxygens (including phenoxy) is 2. The molecule has 8 heteroatoms. The van der Waals surface area contributed by atoms with Crippen molar-refractivity contribution in [3.8, 4) is 23.2 Å². The van der Waals surface area contributed by atoms with Crippen LogP contribution in [0.15, 0.2) is 37.2 Å². The molecule has 0 bridgehead atoms. The van der Waals surface area contributed by atoms with Crippen LogP contribution in [0.25, 0.3) is 5.69 Å². The van der Waals surface area contributed by atoms with Crippen molar-refractivity contribution in [1.82, 2.24) is 24.7 Å². The summed E-state index contributed by atoms with van der Waals surface area (Å²) < 4.78 is 26.9. The van der Waals surface area contributed by atoms with Crippen LogP contribution < -0.4 is 9.47 Å². The standard InChI is InChI=1S/C16H16FN5O2/c1-10(2)23-15-11(3)16(20-8-19-15)24-14-5-4-12(6-13(14)17)22-9-18-7-21-22/h4-10H,1-3H3. The van der Waals surface area contributed by atoms with Crippen molar-refractivity contribution in [2.75, 3.05) is 0 Å². The van der Waals surface area contributed by atoms with E-state index in [1.165, 1.54) is 35.8 Å². The van der Waals surface area contributed by atoms with Crippen LogP contribution in [0.2, 0.25) is 0 Å². The molecular weight excluding hydrogens is 313 g/mol. The molecule has 0 aliphatic carbocycles. The molecule has 0 saturated carbocycles. The second-order valence-electron chi connectivity index (χ2n) is 5.33. The fourth-order valence-electron chi connectivity index (χ4n) is 2.02. The van der Waals surface area contributed by atoms with Gasteiger partial charge in [-0.05, 0) is 32.9 Å². The van der Waals surface area contributed by atoms with Gasteiger partial charge in [0.1, 0.15) is 19.0 Å². The van der Waals surface area contributed by atoms with Gasteiger partial charge in [0.25, 0.3) is 0 Å². The van der Waals surface area contributed by atoms with Crippen LogP contribution in [0.3, 0.4) is 0 Å². The number of hydrogen-bond acceptors (Lipinski definition) is 6. The van der Waals surface area contributed by atoms with Gasteiger partial charge >= 0.3 is 0 Å². The lowest BCUT2D eigenvalue weighted by molar-refractivity contribution is 0.228. The van der Waals surface area contributed by atoms with Crippen molar-refractivity contribution >= 4 is 0 Å². The fraction of sp³-hybridized carbons (Fsp3) is 0.250. The zero-order valence-electron chi connectivity index (χ0n) is 13.5. The third-order valence-corrected chi connectivity index (χ3v) is 3.14. The lowest BCUT2D eigenvalue weighted by Crippen LogP contribution is -2.09. The third kappa shape index (κ3) is 3.32. The Bertz CT molecular complexity index is 836. The van der Waals surface area contributed by atoms with Crippen LogP contribution >= 0.6 is 0 Å². The van der Waals surface area contributed by atoms with E-state index in [1.807, 2.05) is 13.8 Å². The van der Waals surface area contributed by atoms with Crippen molar-refractivity contribution in [2.24, 2.45) is 0 Å². The molecule has 1 aromatic carbocycles. The second-order valence-corrected chi connectivity index (χ2v) is 5.33. The molecular formula is C16H16FN5O2. The number of rotatable bonds is 5.